The van der Waals surface area contributed by atoms with Gasteiger partial charge in [-0.2, -0.15) is 8.78 Å². The number of carbonyl (C=O) groups excluding carboxylic acids is 1. The number of likely N-dealkylation sites (N-methyl/N-ethyl adjacent to an activating group) is 1. The molecule has 0 spiro atoms. The summed E-state index contributed by atoms with van der Waals surface area (Å²) in [6, 6.07) is 6.41. The van der Waals surface area contributed by atoms with Gasteiger partial charge in [0.05, 0.1) is 0 Å². The highest BCUT2D eigenvalue weighted by atomic mass is 127. The molecule has 0 atom stereocenters. The summed E-state index contributed by atoms with van der Waals surface area (Å²) in [6.07, 6.45) is 0. The summed E-state index contributed by atoms with van der Waals surface area (Å²) in [7, 11) is 5.19. The minimum Gasteiger partial charge on any atom is -0.435 e. The third kappa shape index (κ3) is 8.84. The number of carbonyl (C=O) groups is 1. The third-order valence-corrected chi connectivity index (χ3v) is 3.13. The summed E-state index contributed by atoms with van der Waals surface area (Å²) in [4.78, 5) is 19.3. The van der Waals surface area contributed by atoms with Crippen molar-refractivity contribution >= 4 is 35.8 Å². The first-order chi connectivity index (χ1) is 11.3. The molecule has 0 saturated heterocycles. The van der Waals surface area contributed by atoms with E-state index in [0.29, 0.717) is 19.0 Å². The topological polar surface area (TPSA) is 57.2 Å². The molecular formula is C16H25F2IN4O2. The monoisotopic (exact) mass is 470 g/mol. The van der Waals surface area contributed by atoms with Crippen molar-refractivity contribution in [1.29, 1.82) is 0 Å². The van der Waals surface area contributed by atoms with Crippen molar-refractivity contribution in [2.24, 2.45) is 4.99 Å². The van der Waals surface area contributed by atoms with Gasteiger partial charge < -0.3 is 19.9 Å². The molecule has 1 aromatic rings. The van der Waals surface area contributed by atoms with Gasteiger partial charge in [0.25, 0.3) is 0 Å². The zero-order valence-corrected chi connectivity index (χ0v) is 17.2. The first kappa shape index (κ1) is 23.4. The average Bonchev–Trinajstić information content (AvgIpc) is 2.52. The van der Waals surface area contributed by atoms with Crippen molar-refractivity contribution in [3.63, 3.8) is 0 Å². The van der Waals surface area contributed by atoms with Crippen LogP contribution in [0, 0.1) is 0 Å². The summed E-state index contributed by atoms with van der Waals surface area (Å²) in [6.45, 7) is 0.339. The Bertz CT molecular complexity index is 554. The largest absolute Gasteiger partial charge is 0.435 e. The molecule has 0 bridgehead atoms. The molecule has 0 unspecified atom stereocenters. The van der Waals surface area contributed by atoms with Crippen LogP contribution in [0.5, 0.6) is 5.75 Å². The van der Waals surface area contributed by atoms with E-state index >= 15 is 0 Å². The molecule has 0 radical (unpaired) electrons. The highest BCUT2D eigenvalue weighted by Crippen LogP contribution is 2.15. The van der Waals surface area contributed by atoms with E-state index in [0.717, 1.165) is 5.56 Å². The minimum atomic E-state index is -2.83. The van der Waals surface area contributed by atoms with Crippen LogP contribution in [0.3, 0.4) is 0 Å². The van der Waals surface area contributed by atoms with Crippen LogP contribution >= 0.6 is 24.0 Å². The summed E-state index contributed by atoms with van der Waals surface area (Å²) < 4.78 is 28.6. The smallest absolute Gasteiger partial charge is 0.387 e. The lowest BCUT2D eigenvalue weighted by atomic mass is 10.2. The fourth-order valence-electron chi connectivity index (χ4n) is 1.88. The van der Waals surface area contributed by atoms with E-state index in [1.54, 1.807) is 26.2 Å². The van der Waals surface area contributed by atoms with Crippen LogP contribution in [0.25, 0.3) is 0 Å². The zero-order chi connectivity index (χ0) is 18.1. The van der Waals surface area contributed by atoms with Crippen molar-refractivity contribution in [2.75, 3.05) is 34.2 Å². The van der Waals surface area contributed by atoms with Crippen LogP contribution in [0.15, 0.2) is 29.3 Å². The SMILES string of the molecule is CCNC(=NCC(=O)N(C)C)N(C)Cc1ccc(OC(F)F)cc1.I. The maximum Gasteiger partial charge on any atom is 0.387 e. The predicted octanol–water partition coefficient (Wildman–Crippen LogP) is 2.39. The summed E-state index contributed by atoms with van der Waals surface area (Å²) >= 11 is 0. The highest BCUT2D eigenvalue weighted by Gasteiger charge is 2.10. The second-order valence-electron chi connectivity index (χ2n) is 5.34. The van der Waals surface area contributed by atoms with E-state index < -0.39 is 6.61 Å². The van der Waals surface area contributed by atoms with E-state index in [2.05, 4.69) is 15.0 Å². The van der Waals surface area contributed by atoms with Crippen LogP contribution in [0.1, 0.15) is 12.5 Å². The molecule has 9 heteroatoms. The van der Waals surface area contributed by atoms with Gasteiger partial charge in [0, 0.05) is 34.2 Å². The first-order valence-electron chi connectivity index (χ1n) is 7.56. The van der Waals surface area contributed by atoms with Crippen LogP contribution in [0.4, 0.5) is 8.78 Å². The fraction of sp³-hybridized carbons (Fsp3) is 0.500. The zero-order valence-electron chi connectivity index (χ0n) is 14.8. The maximum absolute atomic E-state index is 12.1. The lowest BCUT2D eigenvalue weighted by Crippen LogP contribution is -2.39. The number of guanidine groups is 1. The van der Waals surface area contributed by atoms with Gasteiger partial charge in [-0.25, -0.2) is 4.99 Å². The molecule has 1 aromatic carbocycles. The molecule has 25 heavy (non-hydrogen) atoms. The van der Waals surface area contributed by atoms with Crippen LogP contribution in [-0.4, -0.2) is 62.5 Å². The molecule has 0 aliphatic heterocycles. The van der Waals surface area contributed by atoms with Gasteiger partial charge >= 0.3 is 6.61 Å². The van der Waals surface area contributed by atoms with E-state index in [9.17, 15) is 13.6 Å². The van der Waals surface area contributed by atoms with Gasteiger partial charge in [-0.3, -0.25) is 4.79 Å². The number of nitrogens with one attached hydrogen (secondary N) is 1. The van der Waals surface area contributed by atoms with Crippen molar-refractivity contribution < 1.29 is 18.3 Å². The lowest BCUT2D eigenvalue weighted by molar-refractivity contribution is -0.127. The number of amides is 1. The third-order valence-electron chi connectivity index (χ3n) is 3.13. The molecule has 0 aromatic heterocycles. The molecule has 0 heterocycles. The number of alkyl halides is 2. The Morgan fingerprint density at radius 1 is 1.24 bits per heavy atom. The van der Waals surface area contributed by atoms with Crippen molar-refractivity contribution in [2.45, 2.75) is 20.1 Å². The molecule has 142 valence electrons. The van der Waals surface area contributed by atoms with Crippen molar-refractivity contribution in [3.05, 3.63) is 29.8 Å². The summed E-state index contributed by atoms with van der Waals surface area (Å²) in [5.74, 6) is 0.626. The number of hydrogen-bond acceptors (Lipinski definition) is 3. The molecular weight excluding hydrogens is 445 g/mol. The molecule has 1 amide bonds. The number of rotatable bonds is 7. The number of aliphatic imine (C=N–C) groups is 1. The predicted molar refractivity (Wildman–Crippen MR) is 105 cm³/mol. The Kier molecular flexibility index (Phi) is 11.0. The van der Waals surface area contributed by atoms with Gasteiger partial charge in [-0.1, -0.05) is 12.1 Å². The molecule has 0 aliphatic rings. The summed E-state index contributed by atoms with van der Waals surface area (Å²) in [5, 5.41) is 3.12. The van der Waals surface area contributed by atoms with Crippen LogP contribution in [-0.2, 0) is 11.3 Å². The second-order valence-corrected chi connectivity index (χ2v) is 5.34. The second kappa shape index (κ2) is 11.8. The van der Waals surface area contributed by atoms with Gasteiger partial charge in [-0.05, 0) is 24.6 Å². The normalized spacial score (nSPS) is 10.9. The number of ether oxygens (including phenoxy) is 1. The number of hydrogen-bond donors (Lipinski definition) is 1. The van der Waals surface area contributed by atoms with Gasteiger partial charge in [-0.15, -0.1) is 24.0 Å². The van der Waals surface area contributed by atoms with Crippen molar-refractivity contribution in [1.82, 2.24) is 15.1 Å². The molecule has 0 aliphatic carbocycles. The molecule has 1 rings (SSSR count). The molecule has 0 fully saturated rings. The molecule has 1 N–H and O–H groups in total. The van der Waals surface area contributed by atoms with Crippen molar-refractivity contribution in [3.8, 4) is 5.75 Å². The number of nitrogens with zero attached hydrogens (tertiary/aromatic N) is 3. The van der Waals surface area contributed by atoms with E-state index in [-0.39, 0.29) is 42.2 Å². The van der Waals surface area contributed by atoms with Crippen LogP contribution < -0.4 is 10.1 Å². The van der Waals surface area contributed by atoms with Crippen LogP contribution in [0.2, 0.25) is 0 Å². The molecule has 0 saturated carbocycles. The van der Waals surface area contributed by atoms with Gasteiger partial charge in [0.1, 0.15) is 12.3 Å². The Morgan fingerprint density at radius 3 is 2.32 bits per heavy atom. The van der Waals surface area contributed by atoms with Gasteiger partial charge in [0.2, 0.25) is 5.91 Å². The maximum atomic E-state index is 12.1. The van der Waals surface area contributed by atoms with E-state index in [1.165, 1.54) is 17.0 Å². The Hall–Kier alpha value is -1.65. The standard InChI is InChI=1S/C16H24F2N4O2.HI/c1-5-19-16(20-10-14(23)21(2)3)22(4)11-12-6-8-13(9-7-12)24-15(17)18;/h6-9,15H,5,10-11H2,1-4H3,(H,19,20);1H. The Morgan fingerprint density at radius 2 is 1.84 bits per heavy atom. The average molecular weight is 470 g/mol. The lowest BCUT2D eigenvalue weighted by Gasteiger charge is -2.22. The number of benzene rings is 1. The molecule has 6 nitrogen and oxygen atoms in total. The van der Waals surface area contributed by atoms with E-state index in [4.69, 9.17) is 0 Å². The Balaban J connectivity index is 0.00000576. The summed E-state index contributed by atoms with van der Waals surface area (Å²) in [5.41, 5.74) is 0.906. The quantitative estimate of drug-likeness (QED) is 0.378. The fourth-order valence-corrected chi connectivity index (χ4v) is 1.88. The van der Waals surface area contributed by atoms with E-state index in [1.807, 2.05) is 18.9 Å². The Labute approximate surface area is 164 Å². The minimum absolute atomic E-state index is 0. The highest BCUT2D eigenvalue weighted by molar-refractivity contribution is 14.0. The first-order valence-corrected chi connectivity index (χ1v) is 7.56. The number of halogens is 3. The van der Waals surface area contributed by atoms with Gasteiger partial charge in [0.15, 0.2) is 5.96 Å².